The van der Waals surface area contributed by atoms with Gasteiger partial charge in [-0.25, -0.2) is 0 Å². The van der Waals surface area contributed by atoms with Crippen LogP contribution in [0.5, 0.6) is 0 Å². The number of hydrogen-bond donors (Lipinski definition) is 0. The van der Waals surface area contributed by atoms with Crippen LogP contribution in [0.1, 0.15) is 30.1 Å². The molecule has 2 unspecified atom stereocenters. The van der Waals surface area contributed by atoms with Gasteiger partial charge >= 0.3 is 0 Å². The van der Waals surface area contributed by atoms with Crippen molar-refractivity contribution in [1.29, 1.82) is 0 Å². The van der Waals surface area contributed by atoms with Gasteiger partial charge in [0, 0.05) is 19.2 Å². The third-order valence-corrected chi connectivity index (χ3v) is 3.73. The van der Waals surface area contributed by atoms with Gasteiger partial charge in [0.15, 0.2) is 5.78 Å². The number of nitrogens with zero attached hydrogens (tertiary/aromatic N) is 1. The zero-order valence-electron chi connectivity index (χ0n) is 11.1. The van der Waals surface area contributed by atoms with Gasteiger partial charge in [0.05, 0.1) is 12.1 Å². The Morgan fingerprint density at radius 3 is 2.78 bits per heavy atom. The molecular formula is C15H21NO2. The molecule has 0 radical (unpaired) electrons. The number of ether oxygens (including phenoxy) is 1. The molecule has 1 aromatic rings. The lowest BCUT2D eigenvalue weighted by molar-refractivity contribution is 0.0182. The molecule has 0 aromatic heterocycles. The second-order valence-electron chi connectivity index (χ2n) is 4.90. The minimum Gasteiger partial charge on any atom is -0.380 e. The highest BCUT2D eigenvalue weighted by Crippen LogP contribution is 2.17. The Labute approximate surface area is 109 Å². The summed E-state index contributed by atoms with van der Waals surface area (Å²) in [6, 6.07) is 9.46. The fraction of sp³-hybridized carbons (Fsp3) is 0.533. The first kappa shape index (κ1) is 13.2. The molecule has 3 heteroatoms. The second kappa shape index (κ2) is 6.12. The summed E-state index contributed by atoms with van der Waals surface area (Å²) in [6.45, 7) is 3.84. The van der Waals surface area contributed by atoms with Crippen LogP contribution in [0.4, 0.5) is 0 Å². The van der Waals surface area contributed by atoms with Gasteiger partial charge in [-0.3, -0.25) is 9.69 Å². The van der Waals surface area contributed by atoms with Gasteiger partial charge in [0.1, 0.15) is 0 Å². The highest BCUT2D eigenvalue weighted by atomic mass is 16.5. The summed E-state index contributed by atoms with van der Waals surface area (Å²) in [5.41, 5.74) is 0.796. The molecule has 1 heterocycles. The Hall–Kier alpha value is -1.19. The van der Waals surface area contributed by atoms with E-state index in [0.29, 0.717) is 0 Å². The first-order chi connectivity index (χ1) is 8.72. The lowest BCUT2D eigenvalue weighted by atomic mass is 10.0. The van der Waals surface area contributed by atoms with E-state index in [4.69, 9.17) is 4.74 Å². The number of piperidine rings is 1. The lowest BCUT2D eigenvalue weighted by Gasteiger charge is -2.35. The normalized spacial score (nSPS) is 22.7. The number of ketones is 1. The summed E-state index contributed by atoms with van der Waals surface area (Å²) in [5.74, 6) is 0.201. The van der Waals surface area contributed by atoms with Crippen LogP contribution in [-0.4, -0.2) is 43.0 Å². The summed E-state index contributed by atoms with van der Waals surface area (Å²) in [5, 5.41) is 0. The number of carbonyl (C=O) groups is 1. The molecule has 2 rings (SSSR count). The number of carbonyl (C=O) groups excluding carboxylic acids is 1. The molecule has 0 amide bonds. The van der Waals surface area contributed by atoms with E-state index in [1.165, 1.54) is 0 Å². The quantitative estimate of drug-likeness (QED) is 0.765. The van der Waals surface area contributed by atoms with E-state index in [0.717, 1.165) is 31.5 Å². The Bertz CT molecular complexity index is 391. The fourth-order valence-electron chi connectivity index (χ4n) is 2.52. The largest absolute Gasteiger partial charge is 0.380 e. The topological polar surface area (TPSA) is 29.5 Å². The van der Waals surface area contributed by atoms with E-state index in [1.807, 2.05) is 37.3 Å². The maximum atomic E-state index is 12.4. The number of benzene rings is 1. The van der Waals surface area contributed by atoms with Crippen molar-refractivity contribution in [3.8, 4) is 0 Å². The highest BCUT2D eigenvalue weighted by Gasteiger charge is 2.27. The standard InChI is InChI=1S/C15H21NO2/c1-12(15(17)13-7-4-3-5-8-13)16-10-6-9-14(11-16)18-2/h3-5,7-8,12,14H,6,9-11H2,1-2H3. The number of methoxy groups -OCH3 is 1. The summed E-state index contributed by atoms with van der Waals surface area (Å²) in [6.07, 6.45) is 2.47. The first-order valence-corrected chi connectivity index (χ1v) is 6.58. The van der Waals surface area contributed by atoms with Crippen LogP contribution in [0.3, 0.4) is 0 Å². The summed E-state index contributed by atoms with van der Waals surface area (Å²) >= 11 is 0. The van der Waals surface area contributed by atoms with Crippen molar-refractivity contribution in [2.75, 3.05) is 20.2 Å². The summed E-state index contributed by atoms with van der Waals surface area (Å²) in [4.78, 5) is 14.6. The zero-order valence-corrected chi connectivity index (χ0v) is 11.1. The lowest BCUT2D eigenvalue weighted by Crippen LogP contribution is -2.47. The molecule has 0 spiro atoms. The maximum Gasteiger partial charge on any atom is 0.179 e. The molecule has 1 aliphatic rings. The molecule has 1 fully saturated rings. The van der Waals surface area contributed by atoms with Crippen LogP contribution in [0.25, 0.3) is 0 Å². The average molecular weight is 247 g/mol. The number of hydrogen-bond acceptors (Lipinski definition) is 3. The van der Waals surface area contributed by atoms with E-state index in [-0.39, 0.29) is 17.9 Å². The van der Waals surface area contributed by atoms with Crippen molar-refractivity contribution in [3.63, 3.8) is 0 Å². The minimum atomic E-state index is -0.0645. The van der Waals surface area contributed by atoms with E-state index in [2.05, 4.69) is 4.90 Å². The van der Waals surface area contributed by atoms with Gasteiger partial charge in [-0.2, -0.15) is 0 Å². The van der Waals surface area contributed by atoms with Crippen molar-refractivity contribution in [3.05, 3.63) is 35.9 Å². The molecule has 2 atom stereocenters. The van der Waals surface area contributed by atoms with E-state index < -0.39 is 0 Å². The summed E-state index contributed by atoms with van der Waals surface area (Å²) < 4.78 is 5.40. The second-order valence-corrected chi connectivity index (χ2v) is 4.90. The third-order valence-electron chi connectivity index (χ3n) is 3.73. The van der Waals surface area contributed by atoms with Crippen molar-refractivity contribution >= 4 is 5.78 Å². The number of Topliss-reactive ketones (excluding diaryl/α,β-unsaturated/α-hetero) is 1. The molecule has 3 nitrogen and oxygen atoms in total. The predicted octanol–water partition coefficient (Wildman–Crippen LogP) is 2.37. The Morgan fingerprint density at radius 2 is 2.11 bits per heavy atom. The van der Waals surface area contributed by atoms with E-state index in [1.54, 1.807) is 7.11 Å². The van der Waals surface area contributed by atoms with E-state index in [9.17, 15) is 4.79 Å². The van der Waals surface area contributed by atoms with Crippen molar-refractivity contribution < 1.29 is 9.53 Å². The van der Waals surface area contributed by atoms with Crippen LogP contribution in [-0.2, 0) is 4.74 Å². The summed E-state index contributed by atoms with van der Waals surface area (Å²) in [7, 11) is 1.75. The molecule has 0 aliphatic carbocycles. The van der Waals surface area contributed by atoms with Gasteiger partial charge in [-0.05, 0) is 26.3 Å². The van der Waals surface area contributed by atoms with Crippen molar-refractivity contribution in [2.45, 2.75) is 31.9 Å². The molecule has 1 saturated heterocycles. The van der Waals surface area contributed by atoms with E-state index >= 15 is 0 Å². The van der Waals surface area contributed by atoms with Gasteiger partial charge in [0.2, 0.25) is 0 Å². The predicted molar refractivity (Wildman–Crippen MR) is 71.8 cm³/mol. The Morgan fingerprint density at radius 1 is 1.39 bits per heavy atom. The molecule has 98 valence electrons. The molecule has 18 heavy (non-hydrogen) atoms. The minimum absolute atomic E-state index is 0.0645. The van der Waals surface area contributed by atoms with Gasteiger partial charge < -0.3 is 4.74 Å². The molecule has 0 N–H and O–H groups in total. The SMILES string of the molecule is COC1CCCN(C(C)C(=O)c2ccccc2)C1. The fourth-order valence-corrected chi connectivity index (χ4v) is 2.52. The maximum absolute atomic E-state index is 12.4. The van der Waals surface area contributed by atoms with Crippen LogP contribution in [0.15, 0.2) is 30.3 Å². The van der Waals surface area contributed by atoms with Crippen LogP contribution < -0.4 is 0 Å². The third kappa shape index (κ3) is 2.98. The van der Waals surface area contributed by atoms with Crippen LogP contribution >= 0.6 is 0 Å². The average Bonchev–Trinajstić information content (AvgIpc) is 2.46. The van der Waals surface area contributed by atoms with Crippen molar-refractivity contribution in [1.82, 2.24) is 4.90 Å². The Kier molecular flexibility index (Phi) is 4.50. The first-order valence-electron chi connectivity index (χ1n) is 6.58. The Balaban J connectivity index is 2.02. The zero-order chi connectivity index (χ0) is 13.0. The molecule has 1 aliphatic heterocycles. The number of likely N-dealkylation sites (tertiary alicyclic amines) is 1. The molecule has 0 bridgehead atoms. The van der Waals surface area contributed by atoms with Crippen molar-refractivity contribution in [2.24, 2.45) is 0 Å². The van der Waals surface area contributed by atoms with Gasteiger partial charge in [-0.1, -0.05) is 30.3 Å². The molecule has 0 saturated carbocycles. The monoisotopic (exact) mass is 247 g/mol. The molecule has 1 aromatic carbocycles. The smallest absolute Gasteiger partial charge is 0.179 e. The highest BCUT2D eigenvalue weighted by molar-refractivity contribution is 5.99. The molecular weight excluding hydrogens is 226 g/mol. The van der Waals surface area contributed by atoms with Crippen LogP contribution in [0, 0.1) is 0 Å². The van der Waals surface area contributed by atoms with Gasteiger partial charge in [0.25, 0.3) is 0 Å². The number of rotatable bonds is 4. The van der Waals surface area contributed by atoms with Gasteiger partial charge in [-0.15, -0.1) is 0 Å². The van der Waals surface area contributed by atoms with Crippen LogP contribution in [0.2, 0.25) is 0 Å².